The van der Waals surface area contributed by atoms with Crippen molar-refractivity contribution in [3.05, 3.63) is 11.7 Å². The summed E-state index contributed by atoms with van der Waals surface area (Å²) >= 11 is 0. The van der Waals surface area contributed by atoms with Gasteiger partial charge in [0, 0.05) is 13.0 Å². The van der Waals surface area contributed by atoms with E-state index in [4.69, 9.17) is 15.0 Å². The van der Waals surface area contributed by atoms with Crippen LogP contribution in [-0.4, -0.2) is 23.8 Å². The molecule has 102 valence electrons. The molecule has 2 rings (SSSR count). The van der Waals surface area contributed by atoms with Gasteiger partial charge >= 0.3 is 0 Å². The average molecular weight is 253 g/mol. The van der Waals surface area contributed by atoms with Crippen molar-refractivity contribution < 1.29 is 9.26 Å². The van der Waals surface area contributed by atoms with E-state index < -0.39 is 0 Å². The number of rotatable bonds is 5. The summed E-state index contributed by atoms with van der Waals surface area (Å²) < 4.78 is 11.1. The zero-order chi connectivity index (χ0) is 13.0. The molecule has 0 bridgehead atoms. The minimum absolute atomic E-state index is 0.216. The third-order valence-corrected chi connectivity index (χ3v) is 3.92. The summed E-state index contributed by atoms with van der Waals surface area (Å²) in [5.41, 5.74) is 5.22. The molecular weight excluding hydrogens is 230 g/mol. The van der Waals surface area contributed by atoms with Crippen LogP contribution in [0.1, 0.15) is 63.1 Å². The van der Waals surface area contributed by atoms with E-state index in [9.17, 15) is 0 Å². The van der Waals surface area contributed by atoms with Gasteiger partial charge in [-0.3, -0.25) is 0 Å². The zero-order valence-electron chi connectivity index (χ0n) is 11.3. The lowest BCUT2D eigenvalue weighted by molar-refractivity contribution is -0.0527. The van der Waals surface area contributed by atoms with Crippen LogP contribution in [0, 0.1) is 0 Å². The summed E-state index contributed by atoms with van der Waals surface area (Å²) in [5, 5.41) is 4.13. The molecule has 1 aliphatic rings. The van der Waals surface area contributed by atoms with Crippen LogP contribution in [0.15, 0.2) is 4.52 Å². The first kappa shape index (κ1) is 13.5. The van der Waals surface area contributed by atoms with E-state index in [1.54, 1.807) is 7.11 Å². The van der Waals surface area contributed by atoms with E-state index in [1.807, 2.05) is 0 Å². The Hall–Kier alpha value is -0.940. The molecule has 0 aromatic carbocycles. The highest BCUT2D eigenvalue weighted by Gasteiger charge is 2.38. The van der Waals surface area contributed by atoms with Gasteiger partial charge in [-0.15, -0.1) is 0 Å². The first-order chi connectivity index (χ1) is 8.72. The van der Waals surface area contributed by atoms with Gasteiger partial charge in [0.25, 0.3) is 0 Å². The minimum Gasteiger partial charge on any atom is -0.370 e. The van der Waals surface area contributed by atoms with Crippen LogP contribution in [0.4, 0.5) is 0 Å². The lowest BCUT2D eigenvalue weighted by Gasteiger charge is -2.32. The molecule has 1 aromatic heterocycles. The molecule has 5 nitrogen and oxygen atoms in total. The molecule has 1 heterocycles. The predicted octanol–water partition coefficient (Wildman–Crippen LogP) is 2.33. The van der Waals surface area contributed by atoms with E-state index in [0.717, 1.165) is 32.1 Å². The summed E-state index contributed by atoms with van der Waals surface area (Å²) in [6.07, 6.45) is 6.41. The van der Waals surface area contributed by atoms with Crippen molar-refractivity contribution in [3.8, 4) is 0 Å². The molecule has 2 N–H and O–H groups in total. The fraction of sp³-hybridized carbons (Fsp3) is 0.846. The second kappa shape index (κ2) is 5.80. The minimum atomic E-state index is -0.331. The molecule has 1 unspecified atom stereocenters. The Kier molecular flexibility index (Phi) is 4.35. The maximum absolute atomic E-state index is 5.71. The van der Waals surface area contributed by atoms with Crippen LogP contribution < -0.4 is 5.73 Å². The maximum atomic E-state index is 5.71. The van der Waals surface area contributed by atoms with Crippen molar-refractivity contribution in [1.82, 2.24) is 10.1 Å². The third-order valence-electron chi connectivity index (χ3n) is 3.92. The van der Waals surface area contributed by atoms with Crippen LogP contribution in [0.5, 0.6) is 0 Å². The lowest BCUT2D eigenvalue weighted by atomic mass is 9.84. The number of nitrogens with two attached hydrogens (primary N) is 1. The Morgan fingerprint density at radius 2 is 2.11 bits per heavy atom. The number of ether oxygens (including phenoxy) is 1. The van der Waals surface area contributed by atoms with Crippen LogP contribution in [0.25, 0.3) is 0 Å². The second-order valence-corrected chi connectivity index (χ2v) is 5.19. The normalized spacial score (nSPS) is 20.8. The van der Waals surface area contributed by atoms with Gasteiger partial charge in [-0.1, -0.05) is 31.3 Å². The van der Waals surface area contributed by atoms with Gasteiger partial charge in [-0.25, -0.2) is 0 Å². The quantitative estimate of drug-likeness (QED) is 0.871. The van der Waals surface area contributed by atoms with Gasteiger partial charge in [0.2, 0.25) is 11.7 Å². The Labute approximate surface area is 108 Å². The Bertz CT molecular complexity index is 372. The molecule has 5 heteroatoms. The molecule has 1 atom stereocenters. The summed E-state index contributed by atoms with van der Waals surface area (Å²) in [6, 6.07) is 0. The average Bonchev–Trinajstić information content (AvgIpc) is 2.90. The number of hydrogen-bond donors (Lipinski definition) is 1. The van der Waals surface area contributed by atoms with E-state index in [-0.39, 0.29) is 11.5 Å². The Morgan fingerprint density at radius 1 is 1.39 bits per heavy atom. The van der Waals surface area contributed by atoms with Gasteiger partial charge in [0.05, 0.1) is 0 Å². The van der Waals surface area contributed by atoms with Crippen molar-refractivity contribution in [1.29, 1.82) is 0 Å². The highest BCUT2D eigenvalue weighted by molar-refractivity contribution is 5.04. The van der Waals surface area contributed by atoms with Gasteiger partial charge in [-0.2, -0.15) is 4.98 Å². The van der Waals surface area contributed by atoms with Crippen molar-refractivity contribution in [2.45, 2.75) is 57.0 Å². The van der Waals surface area contributed by atoms with E-state index >= 15 is 0 Å². The van der Waals surface area contributed by atoms with E-state index in [0.29, 0.717) is 18.3 Å². The summed E-state index contributed by atoms with van der Waals surface area (Å²) in [4.78, 5) is 4.54. The first-order valence-corrected chi connectivity index (χ1v) is 6.81. The molecule has 18 heavy (non-hydrogen) atoms. The molecular formula is C13H23N3O2. The molecule has 0 spiro atoms. The van der Waals surface area contributed by atoms with Gasteiger partial charge < -0.3 is 15.0 Å². The van der Waals surface area contributed by atoms with Crippen molar-refractivity contribution in [2.75, 3.05) is 13.7 Å². The van der Waals surface area contributed by atoms with Gasteiger partial charge in [0.15, 0.2) is 0 Å². The zero-order valence-corrected chi connectivity index (χ0v) is 11.3. The summed E-state index contributed by atoms with van der Waals surface area (Å²) in [5.74, 6) is 1.61. The molecule has 1 aromatic rings. The number of methoxy groups -OCH3 is 1. The fourth-order valence-corrected chi connectivity index (χ4v) is 2.64. The predicted molar refractivity (Wildman–Crippen MR) is 68.2 cm³/mol. The monoisotopic (exact) mass is 253 g/mol. The molecule has 0 saturated heterocycles. The highest BCUT2D eigenvalue weighted by Crippen LogP contribution is 2.38. The molecule has 0 aliphatic heterocycles. The highest BCUT2D eigenvalue weighted by atomic mass is 16.5. The second-order valence-electron chi connectivity index (χ2n) is 5.19. The van der Waals surface area contributed by atoms with Crippen LogP contribution in [-0.2, 0) is 10.3 Å². The smallest absolute Gasteiger partial charge is 0.229 e. The largest absolute Gasteiger partial charge is 0.370 e. The topological polar surface area (TPSA) is 74.2 Å². The number of aromatic nitrogens is 2. The third kappa shape index (κ3) is 2.57. The van der Waals surface area contributed by atoms with Crippen LogP contribution >= 0.6 is 0 Å². The standard InChI is InChI=1S/C13H23N3O2/c1-10(6-9-14)11-15-12(16-18-11)13(17-2)7-4-3-5-8-13/h10H,3-9,14H2,1-2H3. The van der Waals surface area contributed by atoms with Crippen molar-refractivity contribution in [3.63, 3.8) is 0 Å². The molecule has 1 aliphatic carbocycles. The Balaban J connectivity index is 2.16. The van der Waals surface area contributed by atoms with Crippen molar-refractivity contribution >= 4 is 0 Å². The van der Waals surface area contributed by atoms with Crippen LogP contribution in [0.2, 0.25) is 0 Å². The van der Waals surface area contributed by atoms with Crippen molar-refractivity contribution in [2.24, 2.45) is 5.73 Å². The van der Waals surface area contributed by atoms with E-state index in [1.165, 1.54) is 6.42 Å². The van der Waals surface area contributed by atoms with Gasteiger partial charge in [-0.05, 0) is 25.8 Å². The molecule has 1 saturated carbocycles. The first-order valence-electron chi connectivity index (χ1n) is 6.81. The van der Waals surface area contributed by atoms with Crippen LogP contribution in [0.3, 0.4) is 0 Å². The number of hydrogen-bond acceptors (Lipinski definition) is 5. The fourth-order valence-electron chi connectivity index (χ4n) is 2.64. The van der Waals surface area contributed by atoms with E-state index in [2.05, 4.69) is 17.1 Å². The molecule has 1 fully saturated rings. The molecule has 0 amide bonds. The SMILES string of the molecule is COC1(c2noc(C(C)CCN)n2)CCCCC1. The molecule has 0 radical (unpaired) electrons. The summed E-state index contributed by atoms with van der Waals surface area (Å²) in [6.45, 7) is 2.69. The Morgan fingerprint density at radius 3 is 2.72 bits per heavy atom. The lowest BCUT2D eigenvalue weighted by Crippen LogP contribution is -2.32. The number of nitrogens with zero attached hydrogens (tertiary/aromatic N) is 2. The maximum Gasteiger partial charge on any atom is 0.229 e. The van der Waals surface area contributed by atoms with Gasteiger partial charge in [0.1, 0.15) is 5.60 Å². The summed E-state index contributed by atoms with van der Waals surface area (Å²) in [7, 11) is 1.74.